The van der Waals surface area contributed by atoms with Gasteiger partial charge in [-0.25, -0.2) is 15.0 Å². The van der Waals surface area contributed by atoms with Crippen LogP contribution in [-0.2, 0) is 6.54 Å². The highest BCUT2D eigenvalue weighted by Gasteiger charge is 2.14. The molecule has 0 fully saturated rings. The van der Waals surface area contributed by atoms with Gasteiger partial charge in [-0.15, -0.1) is 21.5 Å². The molecule has 4 aromatic rings. The first-order chi connectivity index (χ1) is 12.3. The van der Waals surface area contributed by atoms with Gasteiger partial charge in [0.15, 0.2) is 14.3 Å². The van der Waals surface area contributed by atoms with Crippen molar-refractivity contribution in [2.75, 3.05) is 11.6 Å². The molecule has 0 saturated carbocycles. The van der Waals surface area contributed by atoms with Crippen LogP contribution in [0.2, 0.25) is 0 Å². The number of nitrogens with one attached hydrogen (secondary N) is 1. The summed E-state index contributed by atoms with van der Waals surface area (Å²) in [6.07, 6.45) is 3.55. The Morgan fingerprint density at radius 2 is 1.92 bits per heavy atom. The van der Waals surface area contributed by atoms with Gasteiger partial charge >= 0.3 is 0 Å². The van der Waals surface area contributed by atoms with E-state index in [1.165, 1.54) is 28.7 Å². The van der Waals surface area contributed by atoms with Crippen molar-refractivity contribution in [2.24, 2.45) is 0 Å². The second kappa shape index (κ2) is 7.65. The fourth-order valence-corrected chi connectivity index (χ4v) is 5.34. The molecule has 0 aliphatic heterocycles. The molecule has 6 nitrogen and oxygen atoms in total. The molecule has 0 aliphatic carbocycles. The number of fused-ring (bicyclic) bond motifs is 1. The van der Waals surface area contributed by atoms with E-state index in [9.17, 15) is 0 Å². The first-order valence-electron chi connectivity index (χ1n) is 7.26. The Kier molecular flexibility index (Phi) is 5.11. The standard InChI is InChI=1S/C15H12N6S4/c1-22-14-19-11-10(23-14)12(18-8-17-11)24-15-21-20-13(25-15)16-7-9-5-3-2-4-6-9/h2-6,8H,7H2,1H3,(H,16,20). The molecule has 0 amide bonds. The van der Waals surface area contributed by atoms with E-state index in [0.29, 0.717) is 0 Å². The molecule has 0 unspecified atom stereocenters. The summed E-state index contributed by atoms with van der Waals surface area (Å²) >= 11 is 6.23. The predicted molar refractivity (Wildman–Crippen MR) is 105 cm³/mol. The molecule has 0 spiro atoms. The van der Waals surface area contributed by atoms with Gasteiger partial charge in [-0.3, -0.25) is 0 Å². The highest BCUT2D eigenvalue weighted by Crippen LogP contribution is 2.37. The van der Waals surface area contributed by atoms with Crippen molar-refractivity contribution in [1.82, 2.24) is 25.1 Å². The molecule has 126 valence electrons. The summed E-state index contributed by atoms with van der Waals surface area (Å²) in [5.74, 6) is 0. The Hall–Kier alpha value is -1.75. The zero-order chi connectivity index (χ0) is 17.1. The maximum Gasteiger partial charge on any atom is 0.206 e. The number of rotatable bonds is 6. The van der Waals surface area contributed by atoms with Crippen LogP contribution in [0.3, 0.4) is 0 Å². The Morgan fingerprint density at radius 1 is 1.04 bits per heavy atom. The zero-order valence-electron chi connectivity index (χ0n) is 13.0. The SMILES string of the molecule is CSc1nc2ncnc(Sc3nnc(NCc4ccccc4)s3)c2s1. The van der Waals surface area contributed by atoms with E-state index in [2.05, 4.69) is 42.6 Å². The van der Waals surface area contributed by atoms with Crippen LogP contribution in [0, 0.1) is 0 Å². The maximum absolute atomic E-state index is 4.47. The van der Waals surface area contributed by atoms with E-state index >= 15 is 0 Å². The molecular formula is C15H12N6S4. The number of nitrogens with zero attached hydrogens (tertiary/aromatic N) is 5. The average molecular weight is 405 g/mol. The lowest BCUT2D eigenvalue weighted by Gasteiger charge is -2.00. The van der Waals surface area contributed by atoms with Crippen LogP contribution in [-0.4, -0.2) is 31.4 Å². The molecule has 0 saturated heterocycles. The van der Waals surface area contributed by atoms with Gasteiger partial charge in [0.2, 0.25) is 5.13 Å². The van der Waals surface area contributed by atoms with Crippen LogP contribution in [0.5, 0.6) is 0 Å². The van der Waals surface area contributed by atoms with Crippen molar-refractivity contribution >= 4 is 61.7 Å². The van der Waals surface area contributed by atoms with Gasteiger partial charge < -0.3 is 5.32 Å². The topological polar surface area (TPSA) is 76.5 Å². The molecule has 25 heavy (non-hydrogen) atoms. The number of benzene rings is 1. The molecule has 0 atom stereocenters. The minimum absolute atomic E-state index is 0.726. The lowest BCUT2D eigenvalue weighted by Crippen LogP contribution is -1.98. The molecule has 4 rings (SSSR count). The van der Waals surface area contributed by atoms with Crippen LogP contribution < -0.4 is 5.32 Å². The van der Waals surface area contributed by atoms with Gasteiger partial charge in [0.1, 0.15) is 16.1 Å². The number of thioether (sulfide) groups is 1. The summed E-state index contributed by atoms with van der Waals surface area (Å²) in [6.45, 7) is 0.726. The Labute approximate surface area is 160 Å². The largest absolute Gasteiger partial charge is 0.356 e. The summed E-state index contributed by atoms with van der Waals surface area (Å²) < 4.78 is 2.82. The van der Waals surface area contributed by atoms with E-state index in [-0.39, 0.29) is 0 Å². The summed E-state index contributed by atoms with van der Waals surface area (Å²) in [6, 6.07) is 10.2. The number of thiazole rings is 1. The van der Waals surface area contributed by atoms with Crippen molar-refractivity contribution < 1.29 is 0 Å². The zero-order valence-corrected chi connectivity index (χ0v) is 16.3. The first-order valence-corrected chi connectivity index (χ1v) is 10.9. The van der Waals surface area contributed by atoms with Crippen LogP contribution >= 0.6 is 46.2 Å². The highest BCUT2D eigenvalue weighted by molar-refractivity contribution is 8.01. The summed E-state index contributed by atoms with van der Waals surface area (Å²) in [7, 11) is 0. The maximum atomic E-state index is 4.47. The van der Waals surface area contributed by atoms with Gasteiger partial charge in [-0.2, -0.15) is 0 Å². The normalized spacial score (nSPS) is 11.1. The number of hydrogen-bond donors (Lipinski definition) is 1. The van der Waals surface area contributed by atoms with E-state index in [4.69, 9.17) is 0 Å². The molecule has 0 radical (unpaired) electrons. The van der Waals surface area contributed by atoms with E-state index in [1.807, 2.05) is 24.5 Å². The quantitative estimate of drug-likeness (QED) is 0.374. The summed E-state index contributed by atoms with van der Waals surface area (Å²) in [5, 5.41) is 13.4. The van der Waals surface area contributed by atoms with E-state index < -0.39 is 0 Å². The van der Waals surface area contributed by atoms with E-state index in [0.717, 1.165) is 35.7 Å². The highest BCUT2D eigenvalue weighted by atomic mass is 32.2. The molecule has 3 heterocycles. The molecule has 0 bridgehead atoms. The Morgan fingerprint density at radius 3 is 2.76 bits per heavy atom. The fraction of sp³-hybridized carbons (Fsp3) is 0.133. The smallest absolute Gasteiger partial charge is 0.206 e. The number of hydrogen-bond acceptors (Lipinski definition) is 10. The Bertz CT molecular complexity index is 984. The fourth-order valence-electron chi connectivity index (χ4n) is 2.05. The lowest BCUT2D eigenvalue weighted by atomic mass is 10.2. The number of anilines is 1. The van der Waals surface area contributed by atoms with Gasteiger partial charge in [-0.05, 0) is 23.6 Å². The van der Waals surface area contributed by atoms with Crippen molar-refractivity contribution in [2.45, 2.75) is 20.3 Å². The Balaban J connectivity index is 1.48. The third-order valence-electron chi connectivity index (χ3n) is 3.19. The minimum atomic E-state index is 0.726. The van der Waals surface area contributed by atoms with E-state index in [1.54, 1.807) is 29.4 Å². The molecule has 0 aliphatic rings. The molecule has 1 aromatic carbocycles. The van der Waals surface area contributed by atoms with Gasteiger partial charge in [-0.1, -0.05) is 53.4 Å². The predicted octanol–water partition coefficient (Wildman–Crippen LogP) is 4.42. The summed E-state index contributed by atoms with van der Waals surface area (Å²) in [4.78, 5) is 13.1. The first kappa shape index (κ1) is 16.7. The van der Waals surface area contributed by atoms with Crippen molar-refractivity contribution in [1.29, 1.82) is 0 Å². The molecule has 10 heteroatoms. The van der Waals surface area contributed by atoms with Crippen LogP contribution in [0.1, 0.15) is 5.56 Å². The van der Waals surface area contributed by atoms with Gasteiger partial charge in [0.05, 0.1) is 0 Å². The third kappa shape index (κ3) is 3.92. The molecule has 1 N–H and O–H groups in total. The summed E-state index contributed by atoms with van der Waals surface area (Å²) in [5.41, 5.74) is 1.94. The number of aromatic nitrogens is 5. The van der Waals surface area contributed by atoms with Crippen LogP contribution in [0.15, 0.2) is 50.4 Å². The second-order valence-corrected chi connectivity index (χ2v) is 9.10. The average Bonchev–Trinajstić information content (AvgIpc) is 3.28. The minimum Gasteiger partial charge on any atom is -0.356 e. The molecular weight excluding hydrogens is 392 g/mol. The molecule has 3 aromatic heterocycles. The van der Waals surface area contributed by atoms with Crippen molar-refractivity contribution in [3.8, 4) is 0 Å². The van der Waals surface area contributed by atoms with Gasteiger partial charge in [0.25, 0.3) is 0 Å². The van der Waals surface area contributed by atoms with Crippen LogP contribution in [0.25, 0.3) is 10.3 Å². The monoisotopic (exact) mass is 404 g/mol. The van der Waals surface area contributed by atoms with Gasteiger partial charge in [0, 0.05) is 6.54 Å². The third-order valence-corrected chi connectivity index (χ3v) is 7.29. The van der Waals surface area contributed by atoms with Crippen LogP contribution in [0.4, 0.5) is 5.13 Å². The van der Waals surface area contributed by atoms with Crippen molar-refractivity contribution in [3.63, 3.8) is 0 Å². The second-order valence-electron chi connectivity index (χ2n) is 4.83. The van der Waals surface area contributed by atoms with Crippen molar-refractivity contribution in [3.05, 3.63) is 42.2 Å². The lowest BCUT2D eigenvalue weighted by molar-refractivity contribution is 0.992.